The maximum absolute atomic E-state index is 12.1. The number of carbonyl (C=O) groups excluding carboxylic acids is 1. The van der Waals surface area contributed by atoms with E-state index in [1.807, 2.05) is 6.07 Å². The molecule has 0 spiro atoms. The molecule has 0 bridgehead atoms. The first kappa shape index (κ1) is 15.7. The van der Waals surface area contributed by atoms with Gasteiger partial charge in [-0.05, 0) is 30.9 Å². The van der Waals surface area contributed by atoms with E-state index in [1.54, 1.807) is 12.1 Å². The van der Waals surface area contributed by atoms with Gasteiger partial charge < -0.3 is 9.73 Å². The van der Waals surface area contributed by atoms with Gasteiger partial charge in [0, 0.05) is 17.1 Å². The van der Waals surface area contributed by atoms with Crippen molar-refractivity contribution in [3.05, 3.63) is 23.2 Å². The van der Waals surface area contributed by atoms with Crippen molar-refractivity contribution in [3.8, 4) is 0 Å². The van der Waals surface area contributed by atoms with Crippen LogP contribution in [0.5, 0.6) is 0 Å². The zero-order valence-electron chi connectivity index (χ0n) is 12.5. The molecule has 22 heavy (non-hydrogen) atoms. The van der Waals surface area contributed by atoms with E-state index >= 15 is 0 Å². The van der Waals surface area contributed by atoms with Gasteiger partial charge in [-0.25, -0.2) is 4.98 Å². The quantitative estimate of drug-likeness (QED) is 0.846. The summed E-state index contributed by atoms with van der Waals surface area (Å²) in [6.07, 6.45) is 4.75. The normalized spacial score (nSPS) is 21.9. The van der Waals surface area contributed by atoms with Gasteiger partial charge >= 0.3 is 0 Å². The van der Waals surface area contributed by atoms with Crippen LogP contribution in [-0.4, -0.2) is 22.7 Å². The average Bonchev–Trinajstić information content (AvgIpc) is 2.89. The molecule has 1 saturated carbocycles. The summed E-state index contributed by atoms with van der Waals surface area (Å²) in [4.78, 5) is 16.4. The minimum absolute atomic E-state index is 0.0454. The summed E-state index contributed by atoms with van der Waals surface area (Å²) >= 11 is 7.24. The monoisotopic (exact) mass is 338 g/mol. The molecule has 1 heterocycles. The minimum Gasteiger partial charge on any atom is -0.431 e. The Morgan fingerprint density at radius 3 is 3.09 bits per heavy atom. The Morgan fingerprint density at radius 1 is 1.45 bits per heavy atom. The molecule has 2 atom stereocenters. The third-order valence-electron chi connectivity index (χ3n) is 4.12. The molecule has 118 valence electrons. The van der Waals surface area contributed by atoms with E-state index in [0.717, 1.165) is 11.9 Å². The number of thioether (sulfide) groups is 1. The predicted octanol–water partition coefficient (Wildman–Crippen LogP) is 4.27. The molecule has 0 unspecified atom stereocenters. The number of aromatic nitrogens is 1. The Bertz CT molecular complexity index is 673. The van der Waals surface area contributed by atoms with Crippen molar-refractivity contribution in [3.63, 3.8) is 0 Å². The molecule has 0 saturated heterocycles. The van der Waals surface area contributed by atoms with Crippen LogP contribution < -0.4 is 5.32 Å². The molecular weight excluding hydrogens is 320 g/mol. The van der Waals surface area contributed by atoms with E-state index in [9.17, 15) is 4.79 Å². The number of oxazole rings is 1. The van der Waals surface area contributed by atoms with Crippen LogP contribution in [-0.2, 0) is 4.79 Å². The lowest BCUT2D eigenvalue weighted by atomic mass is 9.86. The number of benzene rings is 1. The highest BCUT2D eigenvalue weighted by Crippen LogP contribution is 2.26. The number of hydrogen-bond donors (Lipinski definition) is 1. The van der Waals surface area contributed by atoms with Gasteiger partial charge in [0.1, 0.15) is 5.52 Å². The number of nitrogens with one attached hydrogen (secondary N) is 1. The van der Waals surface area contributed by atoms with Gasteiger partial charge in [0.25, 0.3) is 5.22 Å². The zero-order chi connectivity index (χ0) is 15.5. The highest BCUT2D eigenvalue weighted by atomic mass is 35.5. The lowest BCUT2D eigenvalue weighted by Crippen LogP contribution is -2.41. The summed E-state index contributed by atoms with van der Waals surface area (Å²) in [5.74, 6) is 0.933. The number of halogens is 1. The van der Waals surface area contributed by atoms with Crippen molar-refractivity contribution in [2.45, 2.75) is 43.9 Å². The van der Waals surface area contributed by atoms with Crippen LogP contribution in [0.1, 0.15) is 32.6 Å². The highest BCUT2D eigenvalue weighted by Gasteiger charge is 2.22. The van der Waals surface area contributed by atoms with Gasteiger partial charge in [0.2, 0.25) is 5.91 Å². The first-order valence-electron chi connectivity index (χ1n) is 7.60. The molecule has 4 nitrogen and oxygen atoms in total. The number of nitrogens with zero attached hydrogens (tertiary/aromatic N) is 1. The smallest absolute Gasteiger partial charge is 0.257 e. The van der Waals surface area contributed by atoms with Crippen molar-refractivity contribution in [1.82, 2.24) is 10.3 Å². The first-order chi connectivity index (χ1) is 10.6. The summed E-state index contributed by atoms with van der Waals surface area (Å²) in [5, 5.41) is 4.25. The molecule has 0 aliphatic heterocycles. The third kappa shape index (κ3) is 3.76. The van der Waals surface area contributed by atoms with E-state index in [0.29, 0.717) is 33.5 Å². The Kier molecular flexibility index (Phi) is 4.93. The molecular formula is C16H19ClN2O2S. The molecule has 2 aromatic rings. The Morgan fingerprint density at radius 2 is 2.27 bits per heavy atom. The summed E-state index contributed by atoms with van der Waals surface area (Å²) in [6.45, 7) is 2.21. The van der Waals surface area contributed by atoms with Crippen molar-refractivity contribution in [2.24, 2.45) is 5.92 Å². The second-order valence-electron chi connectivity index (χ2n) is 5.82. The molecule has 1 aliphatic rings. The molecule has 1 aromatic carbocycles. The maximum atomic E-state index is 12.1. The highest BCUT2D eigenvalue weighted by molar-refractivity contribution is 7.99. The summed E-state index contributed by atoms with van der Waals surface area (Å²) < 4.78 is 5.60. The molecule has 1 amide bonds. The number of hydrogen-bond acceptors (Lipinski definition) is 4. The van der Waals surface area contributed by atoms with E-state index < -0.39 is 0 Å². The lowest BCUT2D eigenvalue weighted by molar-refractivity contribution is -0.119. The number of rotatable bonds is 4. The second kappa shape index (κ2) is 6.92. The van der Waals surface area contributed by atoms with Crippen LogP contribution in [0.4, 0.5) is 0 Å². The molecule has 1 aliphatic carbocycles. The fourth-order valence-corrected chi connectivity index (χ4v) is 3.66. The number of fused-ring (bicyclic) bond motifs is 1. The van der Waals surface area contributed by atoms with Crippen molar-refractivity contribution < 1.29 is 9.21 Å². The average molecular weight is 339 g/mol. The first-order valence-corrected chi connectivity index (χ1v) is 8.96. The van der Waals surface area contributed by atoms with Crippen molar-refractivity contribution >= 4 is 40.4 Å². The Hall–Kier alpha value is -1.20. The van der Waals surface area contributed by atoms with Crippen LogP contribution in [0.2, 0.25) is 5.02 Å². The molecule has 1 fully saturated rings. The fraction of sp³-hybridized carbons (Fsp3) is 0.500. The third-order valence-corrected chi connectivity index (χ3v) is 5.18. The predicted molar refractivity (Wildman–Crippen MR) is 89.3 cm³/mol. The fourth-order valence-electron chi connectivity index (χ4n) is 2.85. The SMILES string of the molecule is C[C@@H]1CCCC[C@@H]1NC(=O)CSc1nc2ccc(Cl)cc2o1. The second-order valence-corrected chi connectivity index (χ2v) is 7.18. The van der Waals surface area contributed by atoms with Gasteiger partial charge in [-0.1, -0.05) is 43.1 Å². The minimum atomic E-state index is 0.0454. The van der Waals surface area contributed by atoms with Crippen LogP contribution in [0.25, 0.3) is 11.1 Å². The topological polar surface area (TPSA) is 55.1 Å². The van der Waals surface area contributed by atoms with Gasteiger partial charge in [-0.2, -0.15) is 0 Å². The zero-order valence-corrected chi connectivity index (χ0v) is 14.0. The van der Waals surface area contributed by atoms with Gasteiger partial charge in [0.15, 0.2) is 5.58 Å². The van der Waals surface area contributed by atoms with Crippen molar-refractivity contribution in [2.75, 3.05) is 5.75 Å². The number of amides is 1. The molecule has 3 rings (SSSR count). The lowest BCUT2D eigenvalue weighted by Gasteiger charge is -2.29. The Labute approximate surface area is 139 Å². The van der Waals surface area contributed by atoms with Crippen LogP contribution >= 0.6 is 23.4 Å². The van der Waals surface area contributed by atoms with Gasteiger partial charge in [-0.3, -0.25) is 4.79 Å². The molecule has 0 radical (unpaired) electrons. The summed E-state index contributed by atoms with van der Waals surface area (Å²) in [6, 6.07) is 5.63. The molecule has 1 aromatic heterocycles. The van der Waals surface area contributed by atoms with Crippen LogP contribution in [0, 0.1) is 5.92 Å². The van der Waals surface area contributed by atoms with Crippen molar-refractivity contribution in [1.29, 1.82) is 0 Å². The summed E-state index contributed by atoms with van der Waals surface area (Å²) in [5.41, 5.74) is 1.41. The van der Waals surface area contributed by atoms with Crippen LogP contribution in [0.15, 0.2) is 27.8 Å². The standard InChI is InChI=1S/C16H19ClN2O2S/c1-10-4-2-3-5-12(10)18-15(20)9-22-16-19-13-7-6-11(17)8-14(13)21-16/h6-8,10,12H,2-5,9H2,1H3,(H,18,20)/t10-,12+/m1/s1. The van der Waals surface area contributed by atoms with E-state index in [1.165, 1.54) is 31.0 Å². The van der Waals surface area contributed by atoms with E-state index in [4.69, 9.17) is 16.0 Å². The van der Waals surface area contributed by atoms with Gasteiger partial charge in [0.05, 0.1) is 5.75 Å². The Balaban J connectivity index is 1.55. The molecule has 6 heteroatoms. The number of carbonyl (C=O) groups is 1. The largest absolute Gasteiger partial charge is 0.431 e. The van der Waals surface area contributed by atoms with Crippen LogP contribution in [0.3, 0.4) is 0 Å². The maximum Gasteiger partial charge on any atom is 0.257 e. The summed E-state index contributed by atoms with van der Waals surface area (Å²) in [7, 11) is 0. The van der Waals surface area contributed by atoms with Gasteiger partial charge in [-0.15, -0.1) is 0 Å². The molecule has 1 N–H and O–H groups in total. The van der Waals surface area contributed by atoms with E-state index in [-0.39, 0.29) is 5.91 Å². The van der Waals surface area contributed by atoms with E-state index in [2.05, 4.69) is 17.2 Å².